The van der Waals surface area contributed by atoms with Crippen molar-refractivity contribution in [3.05, 3.63) is 36.2 Å². The lowest BCUT2D eigenvalue weighted by atomic mass is 9.93. The number of benzene rings is 1. The van der Waals surface area contributed by atoms with Gasteiger partial charge < -0.3 is 16.4 Å². The average Bonchev–Trinajstić information content (AvgIpc) is 2.98. The number of aromatic nitrogens is 4. The minimum absolute atomic E-state index is 0.303. The van der Waals surface area contributed by atoms with Crippen LogP contribution in [-0.2, 0) is 0 Å². The van der Waals surface area contributed by atoms with Crippen LogP contribution in [0.2, 0.25) is 0 Å². The van der Waals surface area contributed by atoms with Crippen LogP contribution in [0, 0.1) is 0 Å². The predicted octanol–water partition coefficient (Wildman–Crippen LogP) is 2.16. The largest absolute Gasteiger partial charge is 0.367 e. The van der Waals surface area contributed by atoms with Gasteiger partial charge in [0.25, 0.3) is 5.91 Å². The first kappa shape index (κ1) is 14.4. The standard InChI is InChI=1S/C16H17N7O/c17-14(24)12-8-18-16(22-15(12)20-10-2-1-3-10)21-11-4-5-13-9(6-11)7-19-23-13/h4-8,10H,1-3H2,(H2,17,24)(H,19,23)(H2,18,20,21,22). The Morgan fingerprint density at radius 3 is 2.92 bits per heavy atom. The van der Waals surface area contributed by atoms with Crippen molar-refractivity contribution in [3.63, 3.8) is 0 Å². The summed E-state index contributed by atoms with van der Waals surface area (Å²) in [5.41, 5.74) is 7.51. The molecule has 1 fully saturated rings. The number of nitrogens with one attached hydrogen (secondary N) is 3. The monoisotopic (exact) mass is 323 g/mol. The van der Waals surface area contributed by atoms with Crippen molar-refractivity contribution in [2.45, 2.75) is 25.3 Å². The highest BCUT2D eigenvalue weighted by atomic mass is 16.1. The Bertz CT molecular complexity index is 900. The summed E-state index contributed by atoms with van der Waals surface area (Å²) in [5, 5.41) is 14.3. The van der Waals surface area contributed by atoms with E-state index in [1.807, 2.05) is 18.2 Å². The Morgan fingerprint density at radius 2 is 2.17 bits per heavy atom. The molecule has 0 spiro atoms. The third kappa shape index (κ3) is 2.73. The molecule has 0 saturated heterocycles. The number of amides is 1. The third-order valence-corrected chi connectivity index (χ3v) is 4.20. The molecule has 8 heteroatoms. The molecule has 0 aliphatic heterocycles. The zero-order chi connectivity index (χ0) is 16.5. The maximum atomic E-state index is 11.6. The van der Waals surface area contributed by atoms with Crippen LogP contribution in [0.25, 0.3) is 10.9 Å². The SMILES string of the molecule is NC(=O)c1cnc(Nc2ccc3[nH]ncc3c2)nc1NC1CCC1. The highest BCUT2D eigenvalue weighted by Gasteiger charge is 2.21. The number of carbonyl (C=O) groups excluding carboxylic acids is 1. The zero-order valence-corrected chi connectivity index (χ0v) is 12.9. The van der Waals surface area contributed by atoms with E-state index in [4.69, 9.17) is 5.73 Å². The minimum atomic E-state index is -0.539. The van der Waals surface area contributed by atoms with E-state index in [0.717, 1.165) is 29.4 Å². The fourth-order valence-electron chi connectivity index (χ4n) is 2.63. The molecule has 3 aromatic rings. The number of carbonyl (C=O) groups is 1. The van der Waals surface area contributed by atoms with E-state index in [1.54, 1.807) is 6.20 Å². The molecule has 1 aliphatic rings. The number of aromatic amines is 1. The molecule has 0 unspecified atom stereocenters. The average molecular weight is 323 g/mol. The lowest BCUT2D eigenvalue weighted by Gasteiger charge is -2.27. The van der Waals surface area contributed by atoms with Crippen LogP contribution in [0.1, 0.15) is 29.6 Å². The topological polar surface area (TPSA) is 122 Å². The Kier molecular flexibility index (Phi) is 3.49. The maximum Gasteiger partial charge on any atom is 0.254 e. The number of hydrogen-bond donors (Lipinski definition) is 4. The first-order valence-electron chi connectivity index (χ1n) is 7.82. The molecular formula is C16H17N7O. The number of nitrogens with zero attached hydrogens (tertiary/aromatic N) is 3. The number of primary amides is 1. The van der Waals surface area contributed by atoms with Crippen LogP contribution in [0.15, 0.2) is 30.6 Å². The van der Waals surface area contributed by atoms with E-state index < -0.39 is 5.91 Å². The maximum absolute atomic E-state index is 11.6. The Morgan fingerprint density at radius 1 is 1.29 bits per heavy atom. The number of H-pyrrole nitrogens is 1. The lowest BCUT2D eigenvalue weighted by molar-refractivity contribution is 0.100. The van der Waals surface area contributed by atoms with Crippen molar-refractivity contribution in [1.29, 1.82) is 0 Å². The molecular weight excluding hydrogens is 306 g/mol. The van der Waals surface area contributed by atoms with Crippen molar-refractivity contribution in [2.24, 2.45) is 5.73 Å². The number of fused-ring (bicyclic) bond motifs is 1. The Balaban J connectivity index is 1.61. The molecule has 0 atom stereocenters. The van der Waals surface area contributed by atoms with Crippen LogP contribution < -0.4 is 16.4 Å². The highest BCUT2D eigenvalue weighted by Crippen LogP contribution is 2.25. The van der Waals surface area contributed by atoms with Crippen molar-refractivity contribution >= 4 is 34.3 Å². The second kappa shape index (κ2) is 5.80. The summed E-state index contributed by atoms with van der Waals surface area (Å²) in [7, 11) is 0. The van der Waals surface area contributed by atoms with E-state index in [0.29, 0.717) is 23.4 Å². The van der Waals surface area contributed by atoms with E-state index in [-0.39, 0.29) is 0 Å². The van der Waals surface area contributed by atoms with Crippen molar-refractivity contribution in [1.82, 2.24) is 20.2 Å². The molecule has 1 aromatic carbocycles. The van der Waals surface area contributed by atoms with Gasteiger partial charge in [0.05, 0.1) is 17.3 Å². The third-order valence-electron chi connectivity index (χ3n) is 4.20. The van der Waals surface area contributed by atoms with Gasteiger partial charge in [0.15, 0.2) is 0 Å². The Labute approximate surface area is 137 Å². The Hall–Kier alpha value is -3.16. The fraction of sp³-hybridized carbons (Fsp3) is 0.250. The number of rotatable bonds is 5. The van der Waals surface area contributed by atoms with Crippen LogP contribution in [-0.4, -0.2) is 32.1 Å². The zero-order valence-electron chi connectivity index (χ0n) is 12.9. The quantitative estimate of drug-likeness (QED) is 0.571. The summed E-state index contributed by atoms with van der Waals surface area (Å²) >= 11 is 0. The highest BCUT2D eigenvalue weighted by molar-refractivity contribution is 5.97. The van der Waals surface area contributed by atoms with Crippen molar-refractivity contribution < 1.29 is 4.79 Å². The second-order valence-electron chi connectivity index (χ2n) is 5.89. The molecule has 4 rings (SSSR count). The molecule has 24 heavy (non-hydrogen) atoms. The molecule has 5 N–H and O–H groups in total. The second-order valence-corrected chi connectivity index (χ2v) is 5.89. The molecule has 122 valence electrons. The van der Waals surface area contributed by atoms with Crippen molar-refractivity contribution in [2.75, 3.05) is 10.6 Å². The fourth-order valence-corrected chi connectivity index (χ4v) is 2.63. The molecule has 0 bridgehead atoms. The minimum Gasteiger partial charge on any atom is -0.367 e. The normalized spacial score (nSPS) is 14.3. The van der Waals surface area contributed by atoms with Gasteiger partial charge in [-0.15, -0.1) is 0 Å². The first-order chi connectivity index (χ1) is 11.7. The molecule has 2 aromatic heterocycles. The van der Waals surface area contributed by atoms with Gasteiger partial charge in [0.1, 0.15) is 5.82 Å². The van der Waals surface area contributed by atoms with Gasteiger partial charge in [-0.05, 0) is 37.5 Å². The lowest BCUT2D eigenvalue weighted by Crippen LogP contribution is -2.29. The summed E-state index contributed by atoms with van der Waals surface area (Å²) < 4.78 is 0. The van der Waals surface area contributed by atoms with Crippen LogP contribution in [0.4, 0.5) is 17.5 Å². The van der Waals surface area contributed by atoms with Gasteiger partial charge in [-0.2, -0.15) is 10.1 Å². The van der Waals surface area contributed by atoms with Gasteiger partial charge >= 0.3 is 0 Å². The summed E-state index contributed by atoms with van der Waals surface area (Å²) in [6.45, 7) is 0. The van der Waals surface area contributed by atoms with Gasteiger partial charge in [-0.25, -0.2) is 4.98 Å². The molecule has 1 amide bonds. The number of hydrogen-bond acceptors (Lipinski definition) is 6. The summed E-state index contributed by atoms with van der Waals surface area (Å²) in [4.78, 5) is 20.2. The number of nitrogens with two attached hydrogens (primary N) is 1. The van der Waals surface area contributed by atoms with Gasteiger partial charge in [0.2, 0.25) is 5.95 Å². The van der Waals surface area contributed by atoms with Crippen LogP contribution in [0.3, 0.4) is 0 Å². The van der Waals surface area contributed by atoms with E-state index in [9.17, 15) is 4.79 Å². The summed E-state index contributed by atoms with van der Waals surface area (Å²) in [6.07, 6.45) is 6.53. The van der Waals surface area contributed by atoms with Crippen molar-refractivity contribution in [3.8, 4) is 0 Å². The molecule has 1 saturated carbocycles. The first-order valence-corrected chi connectivity index (χ1v) is 7.82. The smallest absolute Gasteiger partial charge is 0.254 e. The summed E-state index contributed by atoms with van der Waals surface area (Å²) in [6, 6.07) is 6.12. The van der Waals surface area contributed by atoms with E-state index >= 15 is 0 Å². The molecule has 0 radical (unpaired) electrons. The molecule has 8 nitrogen and oxygen atoms in total. The number of anilines is 3. The van der Waals surface area contributed by atoms with Crippen LogP contribution >= 0.6 is 0 Å². The van der Waals surface area contributed by atoms with Crippen LogP contribution in [0.5, 0.6) is 0 Å². The van der Waals surface area contributed by atoms with Gasteiger partial charge in [-0.1, -0.05) is 0 Å². The molecule has 1 aliphatic carbocycles. The van der Waals surface area contributed by atoms with E-state index in [1.165, 1.54) is 12.6 Å². The summed E-state index contributed by atoms with van der Waals surface area (Å²) in [5.74, 6) is 0.349. The van der Waals surface area contributed by atoms with Gasteiger partial charge in [0, 0.05) is 23.3 Å². The van der Waals surface area contributed by atoms with Gasteiger partial charge in [-0.3, -0.25) is 9.89 Å². The van der Waals surface area contributed by atoms with E-state index in [2.05, 4.69) is 30.8 Å². The molecule has 2 heterocycles. The predicted molar refractivity (Wildman–Crippen MR) is 91.2 cm³/mol.